The third-order valence-electron chi connectivity index (χ3n) is 6.40. The summed E-state index contributed by atoms with van der Waals surface area (Å²) in [7, 11) is 1.48. The quantitative estimate of drug-likeness (QED) is 0.151. The average Bonchev–Trinajstić information content (AvgIpc) is 3.11. The number of ketones is 1. The number of amides is 3. The van der Waals surface area contributed by atoms with Gasteiger partial charge in [-0.15, -0.1) is 0 Å². The number of methoxy groups -OCH3 is 1. The van der Waals surface area contributed by atoms with Crippen molar-refractivity contribution in [1.29, 1.82) is 0 Å². The minimum absolute atomic E-state index is 0.0595. The molecule has 1 aliphatic carbocycles. The summed E-state index contributed by atoms with van der Waals surface area (Å²) < 4.78 is 5.10. The number of ether oxygens (including phenoxy) is 1. The molecule has 0 unspecified atom stereocenters. The van der Waals surface area contributed by atoms with Crippen LogP contribution >= 0.6 is 31.9 Å². The van der Waals surface area contributed by atoms with E-state index in [1.54, 1.807) is 12.1 Å². The van der Waals surface area contributed by atoms with E-state index in [1.165, 1.54) is 37.4 Å². The van der Waals surface area contributed by atoms with Gasteiger partial charge in [0, 0.05) is 21.3 Å². The van der Waals surface area contributed by atoms with Crippen LogP contribution in [-0.2, 0) is 9.59 Å². The van der Waals surface area contributed by atoms with Gasteiger partial charge in [-0.05, 0) is 43.2 Å². The van der Waals surface area contributed by atoms with Crippen LogP contribution in [0.3, 0.4) is 0 Å². The van der Waals surface area contributed by atoms with Crippen LogP contribution in [0.1, 0.15) is 33.6 Å². The van der Waals surface area contributed by atoms with E-state index in [-0.39, 0.29) is 20.8 Å². The van der Waals surface area contributed by atoms with Crippen LogP contribution in [0.15, 0.2) is 48.5 Å². The van der Waals surface area contributed by atoms with Gasteiger partial charge in [0.25, 0.3) is 23.4 Å². The van der Waals surface area contributed by atoms with Crippen molar-refractivity contribution < 1.29 is 28.8 Å². The normalized spacial score (nSPS) is 23.2. The number of Topliss-reactive ketones (excluding diaryl/α,β-unsaturated/α-hetero) is 1. The van der Waals surface area contributed by atoms with Crippen molar-refractivity contribution in [2.24, 2.45) is 11.8 Å². The highest BCUT2D eigenvalue weighted by Crippen LogP contribution is 2.44. The Kier molecular flexibility index (Phi) is 7.55. The fourth-order valence-electron chi connectivity index (χ4n) is 4.51. The highest BCUT2D eigenvalue weighted by Gasteiger charge is 2.55. The standard InChI is InChI=1S/C24H21Br2N3O7/c1-36-14-8-6-13(7-9-14)21(30)12-27(22(31)15-4-2-3-5-20(15)29(34)35)28-23(32)16-10-18(25)19(26)11-17(16)24(28)33/h2-9,16-19H,10-12H2,1H3/t16-,17-,18-,19+/m1/s1. The molecule has 0 bridgehead atoms. The van der Waals surface area contributed by atoms with Crippen molar-refractivity contribution in [1.82, 2.24) is 10.0 Å². The van der Waals surface area contributed by atoms with Gasteiger partial charge in [0.1, 0.15) is 17.9 Å². The van der Waals surface area contributed by atoms with E-state index >= 15 is 0 Å². The second-order valence-electron chi connectivity index (χ2n) is 8.49. The molecule has 1 heterocycles. The minimum Gasteiger partial charge on any atom is -0.497 e. The first kappa shape index (κ1) is 26.0. The van der Waals surface area contributed by atoms with E-state index in [0.717, 1.165) is 11.1 Å². The van der Waals surface area contributed by atoms with Crippen LogP contribution in [0.5, 0.6) is 5.75 Å². The summed E-state index contributed by atoms with van der Waals surface area (Å²) in [5.41, 5.74) is -0.618. The highest BCUT2D eigenvalue weighted by molar-refractivity contribution is 9.12. The largest absolute Gasteiger partial charge is 0.497 e. The van der Waals surface area contributed by atoms with Gasteiger partial charge >= 0.3 is 0 Å². The summed E-state index contributed by atoms with van der Waals surface area (Å²) in [6.45, 7) is -0.663. The molecule has 2 fully saturated rings. The number of hydrazine groups is 1. The lowest BCUT2D eigenvalue weighted by Crippen LogP contribution is -2.52. The van der Waals surface area contributed by atoms with Crippen molar-refractivity contribution in [3.8, 4) is 5.75 Å². The number of benzene rings is 2. The number of nitro groups is 1. The molecule has 36 heavy (non-hydrogen) atoms. The Morgan fingerprint density at radius 2 is 1.58 bits per heavy atom. The molecule has 4 rings (SSSR count). The monoisotopic (exact) mass is 621 g/mol. The molecule has 0 radical (unpaired) electrons. The lowest BCUT2D eigenvalue weighted by atomic mass is 9.81. The number of nitrogens with zero attached hydrogens (tertiary/aromatic N) is 3. The van der Waals surface area contributed by atoms with Crippen LogP contribution in [0.2, 0.25) is 0 Å². The first-order valence-corrected chi connectivity index (χ1v) is 12.9. The van der Waals surface area contributed by atoms with E-state index in [4.69, 9.17) is 4.74 Å². The first-order chi connectivity index (χ1) is 17.1. The van der Waals surface area contributed by atoms with Gasteiger partial charge in [-0.2, -0.15) is 5.01 Å². The van der Waals surface area contributed by atoms with E-state index in [2.05, 4.69) is 31.9 Å². The minimum atomic E-state index is -0.990. The molecule has 1 saturated carbocycles. The molecule has 0 N–H and O–H groups in total. The number of nitro benzene ring substituents is 1. The Bertz CT molecular complexity index is 1210. The number of carbonyl (C=O) groups excluding carboxylic acids is 4. The van der Waals surface area contributed by atoms with E-state index < -0.39 is 52.5 Å². The average molecular weight is 623 g/mol. The number of hydrogen-bond acceptors (Lipinski definition) is 7. The van der Waals surface area contributed by atoms with Gasteiger partial charge < -0.3 is 4.74 Å². The SMILES string of the molecule is COc1ccc(C(=O)CN(C(=O)c2ccccc2[N+](=O)[O-])N2C(=O)[C@@H]3C[C@@H](Br)[C@@H](Br)C[C@H]3C2=O)cc1. The van der Waals surface area contributed by atoms with Gasteiger partial charge in [-0.25, -0.2) is 5.01 Å². The zero-order chi connectivity index (χ0) is 26.1. The third kappa shape index (κ3) is 4.79. The van der Waals surface area contributed by atoms with Crippen molar-refractivity contribution in [2.75, 3.05) is 13.7 Å². The Morgan fingerprint density at radius 1 is 1.03 bits per heavy atom. The lowest BCUT2D eigenvalue weighted by molar-refractivity contribution is -0.385. The zero-order valence-electron chi connectivity index (χ0n) is 19.0. The number of fused-ring (bicyclic) bond motifs is 1. The van der Waals surface area contributed by atoms with E-state index in [1.807, 2.05) is 0 Å². The number of hydrogen-bond donors (Lipinski definition) is 0. The van der Waals surface area contributed by atoms with Crippen LogP contribution in [0.25, 0.3) is 0 Å². The summed E-state index contributed by atoms with van der Waals surface area (Å²) in [5.74, 6) is -3.60. The van der Waals surface area contributed by atoms with Gasteiger partial charge in [0.2, 0.25) is 0 Å². The molecule has 188 valence electrons. The zero-order valence-corrected chi connectivity index (χ0v) is 22.2. The fourth-order valence-corrected chi connectivity index (χ4v) is 5.74. The smallest absolute Gasteiger partial charge is 0.282 e. The number of carbonyl (C=O) groups is 4. The fraction of sp³-hybridized carbons (Fsp3) is 0.333. The van der Waals surface area contributed by atoms with E-state index in [0.29, 0.717) is 23.6 Å². The van der Waals surface area contributed by atoms with Crippen LogP contribution < -0.4 is 4.74 Å². The Morgan fingerprint density at radius 3 is 2.11 bits per heavy atom. The predicted octanol–water partition coefficient (Wildman–Crippen LogP) is 3.77. The maximum absolute atomic E-state index is 13.6. The molecule has 2 aromatic rings. The molecular formula is C24H21Br2N3O7. The Balaban J connectivity index is 1.73. The molecule has 2 aliphatic rings. The number of para-hydroxylation sites is 1. The second-order valence-corrected chi connectivity index (χ2v) is 10.8. The summed E-state index contributed by atoms with van der Waals surface area (Å²) in [5, 5.41) is 13.0. The molecule has 0 spiro atoms. The van der Waals surface area contributed by atoms with Gasteiger partial charge in [0.15, 0.2) is 5.78 Å². The molecule has 1 aliphatic heterocycles. The lowest BCUT2D eigenvalue weighted by Gasteiger charge is -2.30. The number of rotatable bonds is 7. The molecule has 12 heteroatoms. The van der Waals surface area contributed by atoms with Crippen LogP contribution in [0.4, 0.5) is 5.69 Å². The molecule has 1 saturated heterocycles. The van der Waals surface area contributed by atoms with Crippen molar-refractivity contribution >= 4 is 61.1 Å². The molecular weight excluding hydrogens is 602 g/mol. The van der Waals surface area contributed by atoms with Crippen molar-refractivity contribution in [3.63, 3.8) is 0 Å². The third-order valence-corrected chi connectivity index (χ3v) is 9.13. The van der Waals surface area contributed by atoms with Crippen LogP contribution in [0, 0.1) is 22.0 Å². The van der Waals surface area contributed by atoms with Crippen LogP contribution in [-0.4, -0.2) is 61.8 Å². The maximum Gasteiger partial charge on any atom is 0.282 e. The maximum atomic E-state index is 13.6. The molecule has 2 aromatic carbocycles. The number of imide groups is 1. The Hall–Kier alpha value is -3.12. The topological polar surface area (TPSA) is 127 Å². The Labute approximate surface area is 222 Å². The van der Waals surface area contributed by atoms with E-state index in [9.17, 15) is 29.3 Å². The van der Waals surface area contributed by atoms with Gasteiger partial charge in [-0.3, -0.25) is 29.3 Å². The summed E-state index contributed by atoms with van der Waals surface area (Å²) in [6.07, 6.45) is 0.725. The van der Waals surface area contributed by atoms with Crippen molar-refractivity contribution in [3.05, 3.63) is 69.8 Å². The number of alkyl halides is 2. The number of halogens is 2. The second kappa shape index (κ2) is 10.5. The van der Waals surface area contributed by atoms with Crippen molar-refractivity contribution in [2.45, 2.75) is 22.5 Å². The summed E-state index contributed by atoms with van der Waals surface area (Å²) >= 11 is 7.04. The first-order valence-electron chi connectivity index (χ1n) is 11.0. The summed E-state index contributed by atoms with van der Waals surface area (Å²) in [6, 6.07) is 11.3. The molecule has 0 aromatic heterocycles. The predicted molar refractivity (Wildman–Crippen MR) is 135 cm³/mol. The highest BCUT2D eigenvalue weighted by atomic mass is 79.9. The molecule has 4 atom stereocenters. The summed E-state index contributed by atoms with van der Waals surface area (Å²) in [4.78, 5) is 64.4. The molecule has 3 amide bonds. The van der Waals surface area contributed by atoms with Gasteiger partial charge in [0.05, 0.1) is 23.9 Å². The van der Waals surface area contributed by atoms with Gasteiger partial charge in [-0.1, -0.05) is 44.0 Å². The molecule has 10 nitrogen and oxygen atoms in total.